The van der Waals surface area contributed by atoms with Gasteiger partial charge in [-0.25, -0.2) is 0 Å². The van der Waals surface area contributed by atoms with Crippen molar-refractivity contribution in [3.8, 4) is 5.75 Å². The van der Waals surface area contributed by atoms with Gasteiger partial charge in [0.2, 0.25) is 5.91 Å². The molecular formula is C22H25Cl2N3O3. The molecule has 2 amide bonds. The number of nitrogens with one attached hydrogen (secondary N) is 1. The number of carbonyl (C=O) groups is 2. The fraction of sp³-hybridized carbons (Fsp3) is 0.364. The molecule has 1 saturated heterocycles. The molecule has 0 radical (unpaired) electrons. The number of nitrogens with zero attached hydrogens (tertiary/aromatic N) is 2. The summed E-state index contributed by atoms with van der Waals surface area (Å²) < 4.78 is 5.33. The normalized spacial score (nSPS) is 15.6. The molecule has 2 aromatic carbocycles. The van der Waals surface area contributed by atoms with Crippen molar-refractivity contribution in [1.82, 2.24) is 9.80 Å². The molecule has 160 valence electrons. The number of methoxy groups -OCH3 is 1. The summed E-state index contributed by atoms with van der Waals surface area (Å²) in [6.45, 7) is 6.08. The van der Waals surface area contributed by atoms with Crippen molar-refractivity contribution in [3.05, 3.63) is 57.6 Å². The lowest BCUT2D eigenvalue weighted by Crippen LogP contribution is -2.54. The minimum Gasteiger partial charge on any atom is -0.495 e. The highest BCUT2D eigenvalue weighted by Crippen LogP contribution is 2.31. The number of anilines is 1. The number of benzene rings is 2. The average Bonchev–Trinajstić information content (AvgIpc) is 2.75. The zero-order valence-corrected chi connectivity index (χ0v) is 18.8. The van der Waals surface area contributed by atoms with Crippen LogP contribution in [0.5, 0.6) is 5.75 Å². The van der Waals surface area contributed by atoms with Crippen LogP contribution < -0.4 is 10.1 Å². The highest BCUT2D eigenvalue weighted by Gasteiger charge is 2.28. The van der Waals surface area contributed by atoms with Crippen LogP contribution in [0.4, 0.5) is 5.69 Å². The van der Waals surface area contributed by atoms with Crippen molar-refractivity contribution in [2.75, 3.05) is 38.6 Å². The third-order valence-electron chi connectivity index (χ3n) is 5.36. The molecule has 1 heterocycles. The number of hydrogen-bond acceptors (Lipinski definition) is 4. The summed E-state index contributed by atoms with van der Waals surface area (Å²) in [6.07, 6.45) is 0. The number of hydrogen-bond donors (Lipinski definition) is 1. The number of amides is 2. The minimum absolute atomic E-state index is 0.0233. The second-order valence-corrected chi connectivity index (χ2v) is 8.15. The van der Waals surface area contributed by atoms with Crippen LogP contribution in [0.25, 0.3) is 0 Å². The number of ether oxygens (including phenoxy) is 1. The van der Waals surface area contributed by atoms with Crippen LogP contribution >= 0.6 is 23.2 Å². The van der Waals surface area contributed by atoms with Gasteiger partial charge in [0, 0.05) is 47.9 Å². The zero-order valence-electron chi connectivity index (χ0n) is 17.2. The molecule has 2 aromatic rings. The standard InChI is InChI=1S/C22H25Cl2N3O3/c1-14-12-19(20(30-3)13-18(14)24)25-21(28)15(2)26-8-10-27(11-9-26)22(29)16-4-6-17(23)7-5-16/h4-7,12-13,15H,8-11H2,1-3H3,(H,25,28). The fourth-order valence-electron chi connectivity index (χ4n) is 3.42. The van der Waals surface area contributed by atoms with Crippen molar-refractivity contribution < 1.29 is 14.3 Å². The van der Waals surface area contributed by atoms with E-state index in [1.807, 2.05) is 13.8 Å². The maximum Gasteiger partial charge on any atom is 0.253 e. The third kappa shape index (κ3) is 5.06. The van der Waals surface area contributed by atoms with Crippen LogP contribution in [-0.2, 0) is 4.79 Å². The number of piperazine rings is 1. The lowest BCUT2D eigenvalue weighted by atomic mass is 10.1. The van der Waals surface area contributed by atoms with Crippen molar-refractivity contribution in [3.63, 3.8) is 0 Å². The molecule has 6 nitrogen and oxygen atoms in total. The van der Waals surface area contributed by atoms with Crippen LogP contribution in [0.15, 0.2) is 36.4 Å². The van der Waals surface area contributed by atoms with E-state index in [1.165, 1.54) is 7.11 Å². The summed E-state index contributed by atoms with van der Waals surface area (Å²) in [5.74, 6) is 0.363. The van der Waals surface area contributed by atoms with Gasteiger partial charge in [0.25, 0.3) is 5.91 Å². The summed E-state index contributed by atoms with van der Waals surface area (Å²) in [4.78, 5) is 29.3. The summed E-state index contributed by atoms with van der Waals surface area (Å²) in [6, 6.07) is 10.0. The molecule has 0 spiro atoms. The highest BCUT2D eigenvalue weighted by atomic mass is 35.5. The molecule has 1 N–H and O–H groups in total. The second kappa shape index (κ2) is 9.69. The topological polar surface area (TPSA) is 61.9 Å². The van der Waals surface area contributed by atoms with Crippen molar-refractivity contribution >= 4 is 40.7 Å². The van der Waals surface area contributed by atoms with Crippen LogP contribution in [0.1, 0.15) is 22.8 Å². The Hall–Kier alpha value is -2.28. The fourth-order valence-corrected chi connectivity index (χ4v) is 3.70. The molecule has 0 saturated carbocycles. The van der Waals surface area contributed by atoms with E-state index in [0.717, 1.165) is 5.56 Å². The van der Waals surface area contributed by atoms with Gasteiger partial charge in [-0.1, -0.05) is 23.2 Å². The van der Waals surface area contributed by atoms with Crippen LogP contribution in [0.3, 0.4) is 0 Å². The van der Waals surface area contributed by atoms with Crippen LogP contribution in [0, 0.1) is 6.92 Å². The predicted octanol–water partition coefficient (Wildman–Crippen LogP) is 4.10. The first-order chi connectivity index (χ1) is 14.3. The Bertz CT molecular complexity index is 926. The molecule has 8 heteroatoms. The lowest BCUT2D eigenvalue weighted by molar-refractivity contribution is -0.121. The Kier molecular flexibility index (Phi) is 7.23. The first kappa shape index (κ1) is 22.4. The summed E-state index contributed by atoms with van der Waals surface area (Å²) in [5.41, 5.74) is 2.06. The van der Waals surface area contributed by atoms with Gasteiger partial charge in [0.05, 0.1) is 18.8 Å². The molecular weight excluding hydrogens is 425 g/mol. The Morgan fingerprint density at radius 2 is 1.70 bits per heavy atom. The second-order valence-electron chi connectivity index (χ2n) is 7.30. The summed E-state index contributed by atoms with van der Waals surface area (Å²) in [7, 11) is 1.54. The third-order valence-corrected chi connectivity index (χ3v) is 6.02. The Labute approximate surface area is 186 Å². The summed E-state index contributed by atoms with van der Waals surface area (Å²) >= 11 is 12.0. The van der Waals surface area contributed by atoms with Crippen molar-refractivity contribution in [2.45, 2.75) is 19.9 Å². The minimum atomic E-state index is -0.349. The molecule has 0 aromatic heterocycles. The maximum absolute atomic E-state index is 12.8. The largest absolute Gasteiger partial charge is 0.495 e. The van der Waals surface area contributed by atoms with E-state index in [4.69, 9.17) is 27.9 Å². The molecule has 30 heavy (non-hydrogen) atoms. The van der Waals surface area contributed by atoms with Crippen molar-refractivity contribution in [2.24, 2.45) is 0 Å². The van der Waals surface area contributed by atoms with Crippen LogP contribution in [0.2, 0.25) is 10.0 Å². The van der Waals surface area contributed by atoms with E-state index < -0.39 is 0 Å². The van der Waals surface area contributed by atoms with Gasteiger partial charge in [-0.15, -0.1) is 0 Å². The first-order valence-electron chi connectivity index (χ1n) is 9.74. The number of halogens is 2. The first-order valence-corrected chi connectivity index (χ1v) is 10.5. The van der Waals surface area contributed by atoms with Gasteiger partial charge in [0.15, 0.2) is 0 Å². The molecule has 0 aliphatic carbocycles. The Morgan fingerprint density at radius 3 is 2.30 bits per heavy atom. The quantitative estimate of drug-likeness (QED) is 0.746. The van der Waals surface area contributed by atoms with E-state index in [-0.39, 0.29) is 17.9 Å². The average molecular weight is 450 g/mol. The smallest absolute Gasteiger partial charge is 0.253 e. The molecule has 0 bridgehead atoms. The number of carbonyl (C=O) groups excluding carboxylic acids is 2. The number of rotatable bonds is 5. The van der Waals surface area contributed by atoms with E-state index in [2.05, 4.69) is 10.2 Å². The lowest BCUT2D eigenvalue weighted by Gasteiger charge is -2.37. The molecule has 1 unspecified atom stereocenters. The molecule has 1 aliphatic rings. The molecule has 1 fully saturated rings. The van der Waals surface area contributed by atoms with Crippen molar-refractivity contribution in [1.29, 1.82) is 0 Å². The van der Waals surface area contributed by atoms with E-state index in [1.54, 1.807) is 41.3 Å². The van der Waals surface area contributed by atoms with Gasteiger partial charge in [0.1, 0.15) is 5.75 Å². The Balaban J connectivity index is 1.59. The number of aryl methyl sites for hydroxylation is 1. The van der Waals surface area contributed by atoms with E-state index >= 15 is 0 Å². The molecule has 3 rings (SSSR count). The Morgan fingerprint density at radius 1 is 1.07 bits per heavy atom. The molecule has 1 aliphatic heterocycles. The van der Waals surface area contributed by atoms with Gasteiger partial charge < -0.3 is 15.0 Å². The maximum atomic E-state index is 12.8. The highest BCUT2D eigenvalue weighted by molar-refractivity contribution is 6.31. The van der Waals surface area contributed by atoms with Gasteiger partial charge >= 0.3 is 0 Å². The van der Waals surface area contributed by atoms with Gasteiger partial charge in [-0.3, -0.25) is 14.5 Å². The SMILES string of the molecule is COc1cc(Cl)c(C)cc1NC(=O)C(C)N1CCN(C(=O)c2ccc(Cl)cc2)CC1. The van der Waals surface area contributed by atoms with Gasteiger partial charge in [-0.2, -0.15) is 0 Å². The van der Waals surface area contributed by atoms with E-state index in [9.17, 15) is 9.59 Å². The molecule has 1 atom stereocenters. The van der Waals surface area contributed by atoms with E-state index in [0.29, 0.717) is 53.2 Å². The van der Waals surface area contributed by atoms with Gasteiger partial charge in [-0.05, 0) is 49.7 Å². The predicted molar refractivity (Wildman–Crippen MR) is 120 cm³/mol. The monoisotopic (exact) mass is 449 g/mol. The van der Waals surface area contributed by atoms with Crippen LogP contribution in [-0.4, -0.2) is 60.9 Å². The summed E-state index contributed by atoms with van der Waals surface area (Å²) in [5, 5.41) is 4.12. The zero-order chi connectivity index (χ0) is 21.8.